The Morgan fingerprint density at radius 2 is 1.49 bits per heavy atom. The maximum Gasteiger partial charge on any atom is 0.164 e. The third kappa shape index (κ3) is 8.73. The molecule has 0 amide bonds. The number of aryl methyl sites for hydroxylation is 1. The smallest absolute Gasteiger partial charge is 0.164 e. The molecular formula is C48H60IrNO3-. The summed E-state index contributed by atoms with van der Waals surface area (Å²) in [5.74, 6) is 2.80. The number of carbonyl (C=O) groups is 1. The van der Waals surface area contributed by atoms with Crippen molar-refractivity contribution in [3.8, 4) is 22.8 Å². The molecule has 53 heavy (non-hydrogen) atoms. The van der Waals surface area contributed by atoms with E-state index in [4.69, 9.17) is 9.72 Å². The van der Waals surface area contributed by atoms with Crippen molar-refractivity contribution in [3.05, 3.63) is 89.8 Å². The number of ketones is 1. The predicted octanol–water partition coefficient (Wildman–Crippen LogP) is 13.9. The summed E-state index contributed by atoms with van der Waals surface area (Å²) in [4.78, 5) is 17.1. The van der Waals surface area contributed by atoms with E-state index >= 15 is 0 Å². The Labute approximate surface area is 332 Å². The fourth-order valence-electron chi connectivity index (χ4n) is 7.19. The van der Waals surface area contributed by atoms with E-state index in [0.717, 1.165) is 72.1 Å². The number of aromatic nitrogens is 1. The van der Waals surface area contributed by atoms with Crippen molar-refractivity contribution in [3.63, 3.8) is 0 Å². The minimum Gasteiger partial charge on any atom is -0.512 e. The van der Waals surface area contributed by atoms with Crippen LogP contribution in [0.15, 0.2) is 72.6 Å². The molecule has 1 aliphatic heterocycles. The number of fused-ring (bicyclic) bond motifs is 5. The van der Waals surface area contributed by atoms with Crippen molar-refractivity contribution in [2.24, 2.45) is 22.2 Å². The van der Waals surface area contributed by atoms with Gasteiger partial charge in [0.2, 0.25) is 0 Å². The van der Waals surface area contributed by atoms with Gasteiger partial charge in [-0.3, -0.25) is 9.78 Å². The Morgan fingerprint density at radius 1 is 0.849 bits per heavy atom. The minimum absolute atomic E-state index is 0. The zero-order valence-electron chi connectivity index (χ0n) is 33.9. The predicted molar refractivity (Wildman–Crippen MR) is 221 cm³/mol. The Bertz CT molecular complexity index is 2110. The van der Waals surface area contributed by atoms with Gasteiger partial charge in [-0.25, -0.2) is 0 Å². The Morgan fingerprint density at radius 3 is 2.11 bits per heavy atom. The molecule has 0 atom stereocenters. The number of benzene rings is 4. The number of hydrogen-bond acceptors (Lipinski definition) is 4. The molecule has 6 rings (SSSR count). The van der Waals surface area contributed by atoms with Gasteiger partial charge in [0.1, 0.15) is 11.5 Å². The van der Waals surface area contributed by atoms with E-state index in [2.05, 4.69) is 95.3 Å². The normalized spacial score (nSPS) is 13.0. The molecule has 285 valence electrons. The Kier molecular flexibility index (Phi) is 13.4. The van der Waals surface area contributed by atoms with Crippen molar-refractivity contribution in [2.45, 2.75) is 121 Å². The van der Waals surface area contributed by atoms with E-state index in [1.54, 1.807) is 0 Å². The van der Waals surface area contributed by atoms with E-state index < -0.39 is 0 Å². The van der Waals surface area contributed by atoms with Crippen molar-refractivity contribution in [2.75, 3.05) is 0 Å². The van der Waals surface area contributed by atoms with E-state index in [0.29, 0.717) is 5.92 Å². The van der Waals surface area contributed by atoms with Gasteiger partial charge in [0, 0.05) is 54.3 Å². The van der Waals surface area contributed by atoms with Crippen LogP contribution in [0.2, 0.25) is 0 Å². The number of nitrogens with zero attached hydrogens (tertiary/aromatic N) is 1. The maximum absolute atomic E-state index is 12.2. The summed E-state index contributed by atoms with van der Waals surface area (Å²) in [6.45, 7) is 23.5. The van der Waals surface area contributed by atoms with Crippen LogP contribution in [-0.4, -0.2) is 15.9 Å². The van der Waals surface area contributed by atoms with E-state index in [1.807, 2.05) is 47.7 Å². The maximum atomic E-state index is 12.2. The van der Waals surface area contributed by atoms with Gasteiger partial charge in [-0.2, -0.15) is 0 Å². The van der Waals surface area contributed by atoms with Gasteiger partial charge in [-0.1, -0.05) is 129 Å². The van der Waals surface area contributed by atoms with Crippen molar-refractivity contribution < 1.29 is 34.7 Å². The molecule has 0 aliphatic carbocycles. The quantitative estimate of drug-likeness (QED) is 0.0609. The molecule has 4 nitrogen and oxygen atoms in total. The second-order valence-electron chi connectivity index (χ2n) is 17.0. The summed E-state index contributed by atoms with van der Waals surface area (Å²) >= 11 is 0. The van der Waals surface area contributed by atoms with Crippen LogP contribution >= 0.6 is 0 Å². The fourth-order valence-corrected chi connectivity index (χ4v) is 7.19. The fraction of sp³-hybridized carbons (Fsp3) is 0.458. The summed E-state index contributed by atoms with van der Waals surface area (Å²) in [7, 11) is 0. The first-order chi connectivity index (χ1) is 24.6. The van der Waals surface area contributed by atoms with E-state index in [-0.39, 0.29) is 47.9 Å². The molecule has 1 aliphatic rings. The second kappa shape index (κ2) is 16.9. The molecule has 2 heterocycles. The summed E-state index contributed by atoms with van der Waals surface area (Å²) in [6, 6.07) is 23.3. The van der Waals surface area contributed by atoms with E-state index in [1.165, 1.54) is 45.2 Å². The molecular weight excluding hydrogens is 831 g/mol. The molecule has 0 spiro atoms. The Balaban J connectivity index is 0.000000299. The molecule has 4 aromatic carbocycles. The number of carbonyl (C=O) groups excluding carboxylic acids is 1. The molecule has 1 radical (unpaired) electrons. The second-order valence-corrected chi connectivity index (χ2v) is 17.0. The zero-order chi connectivity index (χ0) is 38.0. The molecule has 0 unspecified atom stereocenters. The van der Waals surface area contributed by atoms with Crippen molar-refractivity contribution in [1.82, 2.24) is 4.98 Å². The molecule has 5 aromatic rings. The monoisotopic (exact) mass is 891 g/mol. The number of allylic oxidation sites excluding steroid dienone is 2. The average Bonchev–Trinajstić information content (AvgIpc) is 3.13. The van der Waals surface area contributed by atoms with Gasteiger partial charge in [-0.15, -0.1) is 17.5 Å². The standard InChI is InChI=1S/C33H32NO.C15H28O2.Ir/c1-20(2)13-14-21-10-8-12-24-25-15-16-34-31-27-17-22-9-6-7-11-23(22)28(19-33(3,4)5)32(27)35-29(30(25)31)18-26(21)24;1-7-14(5,8-2)12(16)11-13(17)15(6,9-3)10-4;/h6-12,15-16,18,20H,13-14,19H2,1-5H3;11,16H,7-10H2,1-6H3;/q-1;;/b;12-11-;. The van der Waals surface area contributed by atoms with Gasteiger partial charge < -0.3 is 9.84 Å². The van der Waals surface area contributed by atoms with Crippen LogP contribution < -0.4 is 4.74 Å². The first-order valence-corrected chi connectivity index (χ1v) is 19.5. The summed E-state index contributed by atoms with van der Waals surface area (Å²) in [5.41, 5.74) is 4.12. The molecule has 0 fully saturated rings. The minimum atomic E-state index is -0.337. The largest absolute Gasteiger partial charge is 0.512 e. The van der Waals surface area contributed by atoms with Gasteiger partial charge >= 0.3 is 0 Å². The third-order valence-corrected chi connectivity index (χ3v) is 11.7. The molecule has 0 bridgehead atoms. The van der Waals surface area contributed by atoms with Gasteiger partial charge in [0.15, 0.2) is 5.78 Å². The van der Waals surface area contributed by atoms with Crippen LogP contribution in [0.5, 0.6) is 11.5 Å². The average molecular weight is 891 g/mol. The number of aliphatic hydroxyl groups is 1. The molecule has 0 saturated carbocycles. The molecule has 5 heteroatoms. The number of rotatable bonds is 11. The van der Waals surface area contributed by atoms with Crippen LogP contribution in [0.3, 0.4) is 0 Å². The van der Waals surface area contributed by atoms with Gasteiger partial charge in [0.25, 0.3) is 0 Å². The SMILES string of the molecule is CC(C)CCc1cccc2c1cc1c3c(nccc32)-c2[c-]c3ccccc3c(CC(C)(C)C)c2O1.CCC(C)(CC)C(=O)/C=C(\O)C(C)(CC)CC.[Ir]. The third-order valence-electron chi connectivity index (χ3n) is 11.7. The van der Waals surface area contributed by atoms with Crippen molar-refractivity contribution >= 4 is 38.1 Å². The van der Waals surface area contributed by atoms with Crippen LogP contribution in [0.4, 0.5) is 0 Å². The summed E-state index contributed by atoms with van der Waals surface area (Å²) < 4.78 is 6.85. The summed E-state index contributed by atoms with van der Waals surface area (Å²) in [6.07, 6.45) is 9.87. The molecule has 1 aromatic heterocycles. The van der Waals surface area contributed by atoms with E-state index in [9.17, 15) is 9.90 Å². The first-order valence-electron chi connectivity index (χ1n) is 19.5. The van der Waals surface area contributed by atoms with Crippen molar-refractivity contribution in [1.29, 1.82) is 0 Å². The van der Waals surface area contributed by atoms with Gasteiger partial charge in [0.05, 0.1) is 5.75 Å². The van der Waals surface area contributed by atoms with Gasteiger partial charge in [-0.05, 0) is 90.1 Å². The topological polar surface area (TPSA) is 59.4 Å². The number of ether oxygens (including phenoxy) is 1. The molecule has 0 saturated heterocycles. The zero-order valence-corrected chi connectivity index (χ0v) is 36.3. The summed E-state index contributed by atoms with van der Waals surface area (Å²) in [5, 5.41) is 17.3. The van der Waals surface area contributed by atoms with Crippen LogP contribution in [-0.2, 0) is 37.7 Å². The van der Waals surface area contributed by atoms with Crippen LogP contribution in [0, 0.1) is 28.2 Å². The van der Waals surface area contributed by atoms with Crippen LogP contribution in [0.25, 0.3) is 43.6 Å². The number of hydrogen-bond donors (Lipinski definition) is 1. The van der Waals surface area contributed by atoms with Crippen LogP contribution in [0.1, 0.15) is 119 Å². The number of aliphatic hydroxyl groups excluding tert-OH is 1. The Hall–Kier alpha value is -3.53. The molecule has 1 N–H and O–H groups in total. The number of pyridine rings is 1. The first kappa shape index (κ1) is 42.2.